The number of hydrogen-bond donors (Lipinski definition) is 2. The van der Waals surface area contributed by atoms with E-state index in [0.717, 1.165) is 0 Å². The van der Waals surface area contributed by atoms with E-state index in [-0.39, 0.29) is 37.0 Å². The lowest BCUT2D eigenvalue weighted by Gasteiger charge is -2.37. The molecular formula is C18H21FN4O4. The Morgan fingerprint density at radius 2 is 1.85 bits per heavy atom. The molecule has 2 N–H and O–H groups in total. The first-order valence-electron chi connectivity index (χ1n) is 8.74. The van der Waals surface area contributed by atoms with Crippen LogP contribution in [0.5, 0.6) is 0 Å². The topological polar surface area (TPSA) is 98.8 Å². The van der Waals surface area contributed by atoms with Crippen LogP contribution in [0.3, 0.4) is 0 Å². The molecule has 1 aromatic rings. The molecule has 144 valence electrons. The van der Waals surface area contributed by atoms with Crippen LogP contribution in [-0.2, 0) is 9.59 Å². The standard InChI is InChI=1S/C18H21FN4O4/c1-10(2)14(20-15(24)11-3-5-12(19)6-4-11)17(26)22-7-8-23-13(9-22)16(25)21-18(23)27/h3-6,10,13-14H,7-9H2,1-2H3,(H,20,24)(H,21,25,27)/t13-,14-/m1/s1. The van der Waals surface area contributed by atoms with Gasteiger partial charge in [-0.1, -0.05) is 13.8 Å². The SMILES string of the molecule is CC(C)[C@@H](NC(=O)c1ccc(F)cc1)C(=O)N1CCN2C(=O)NC(=O)[C@H]2C1. The van der Waals surface area contributed by atoms with Gasteiger partial charge in [0.2, 0.25) is 5.91 Å². The van der Waals surface area contributed by atoms with Crippen molar-refractivity contribution in [3.8, 4) is 0 Å². The minimum atomic E-state index is -0.797. The van der Waals surface area contributed by atoms with Crippen molar-refractivity contribution in [1.29, 1.82) is 0 Å². The lowest BCUT2D eigenvalue weighted by Crippen LogP contribution is -2.59. The van der Waals surface area contributed by atoms with E-state index in [2.05, 4.69) is 10.6 Å². The van der Waals surface area contributed by atoms with Gasteiger partial charge in [-0.05, 0) is 30.2 Å². The van der Waals surface area contributed by atoms with E-state index >= 15 is 0 Å². The number of urea groups is 1. The van der Waals surface area contributed by atoms with Crippen molar-refractivity contribution in [2.24, 2.45) is 5.92 Å². The van der Waals surface area contributed by atoms with Gasteiger partial charge in [0.1, 0.15) is 17.9 Å². The van der Waals surface area contributed by atoms with Crippen LogP contribution >= 0.6 is 0 Å². The summed E-state index contributed by atoms with van der Waals surface area (Å²) in [4.78, 5) is 51.8. The first kappa shape index (κ1) is 18.8. The Kier molecular flexibility index (Phi) is 5.11. The van der Waals surface area contributed by atoms with E-state index in [1.165, 1.54) is 34.1 Å². The highest BCUT2D eigenvalue weighted by molar-refractivity contribution is 6.05. The molecule has 0 unspecified atom stereocenters. The molecule has 0 bridgehead atoms. The molecule has 27 heavy (non-hydrogen) atoms. The third-order valence-electron chi connectivity index (χ3n) is 4.81. The van der Waals surface area contributed by atoms with Crippen molar-refractivity contribution >= 4 is 23.8 Å². The van der Waals surface area contributed by atoms with Crippen molar-refractivity contribution in [3.63, 3.8) is 0 Å². The summed E-state index contributed by atoms with van der Waals surface area (Å²) in [5, 5.41) is 4.93. The second-order valence-electron chi connectivity index (χ2n) is 6.99. The summed E-state index contributed by atoms with van der Waals surface area (Å²) < 4.78 is 13.0. The highest BCUT2D eigenvalue weighted by Crippen LogP contribution is 2.18. The third kappa shape index (κ3) is 3.76. The number of fused-ring (bicyclic) bond motifs is 1. The van der Waals surface area contributed by atoms with Crippen LogP contribution in [0.15, 0.2) is 24.3 Å². The number of piperazine rings is 1. The average molecular weight is 376 g/mol. The number of hydrogen-bond acceptors (Lipinski definition) is 4. The fraction of sp³-hybridized carbons (Fsp3) is 0.444. The Morgan fingerprint density at radius 1 is 1.19 bits per heavy atom. The summed E-state index contributed by atoms with van der Waals surface area (Å²) in [6, 6.07) is 3.11. The lowest BCUT2D eigenvalue weighted by atomic mass is 10.0. The van der Waals surface area contributed by atoms with Crippen molar-refractivity contribution in [2.45, 2.75) is 25.9 Å². The van der Waals surface area contributed by atoms with Crippen molar-refractivity contribution in [1.82, 2.24) is 20.4 Å². The average Bonchev–Trinajstić information content (AvgIpc) is 2.93. The Balaban J connectivity index is 1.70. The van der Waals surface area contributed by atoms with Crippen LogP contribution in [0, 0.1) is 11.7 Å². The van der Waals surface area contributed by atoms with Gasteiger partial charge < -0.3 is 15.1 Å². The van der Waals surface area contributed by atoms with Crippen LogP contribution < -0.4 is 10.6 Å². The molecule has 0 aromatic heterocycles. The Hall–Kier alpha value is -2.97. The minimum Gasteiger partial charge on any atom is -0.340 e. The van der Waals surface area contributed by atoms with Crippen molar-refractivity contribution < 1.29 is 23.6 Å². The first-order chi connectivity index (χ1) is 12.8. The predicted molar refractivity (Wildman–Crippen MR) is 93.1 cm³/mol. The van der Waals surface area contributed by atoms with Gasteiger partial charge in [0.05, 0.1) is 6.54 Å². The normalized spacial score (nSPS) is 20.4. The molecule has 0 saturated carbocycles. The maximum Gasteiger partial charge on any atom is 0.324 e. The van der Waals surface area contributed by atoms with Crippen LogP contribution in [0.25, 0.3) is 0 Å². The predicted octanol–water partition coefficient (Wildman–Crippen LogP) is 0.343. The number of imide groups is 1. The number of carbonyl (C=O) groups is 4. The quantitative estimate of drug-likeness (QED) is 0.741. The number of rotatable bonds is 4. The molecule has 0 spiro atoms. The molecule has 8 nitrogen and oxygen atoms in total. The molecule has 2 heterocycles. The summed E-state index contributed by atoms with van der Waals surface area (Å²) in [5.74, 6) is -1.86. The highest BCUT2D eigenvalue weighted by atomic mass is 19.1. The van der Waals surface area contributed by atoms with E-state index in [1.807, 2.05) is 0 Å². The third-order valence-corrected chi connectivity index (χ3v) is 4.81. The summed E-state index contributed by atoms with van der Waals surface area (Å²) in [7, 11) is 0. The molecule has 2 aliphatic rings. The molecule has 2 fully saturated rings. The van der Waals surface area contributed by atoms with Crippen molar-refractivity contribution in [3.05, 3.63) is 35.6 Å². The largest absolute Gasteiger partial charge is 0.340 e. The zero-order chi connectivity index (χ0) is 19.7. The number of nitrogens with zero attached hydrogens (tertiary/aromatic N) is 2. The summed E-state index contributed by atoms with van der Waals surface area (Å²) in [6.07, 6.45) is 0. The number of halogens is 1. The van der Waals surface area contributed by atoms with E-state index in [9.17, 15) is 23.6 Å². The highest BCUT2D eigenvalue weighted by Gasteiger charge is 2.44. The summed E-state index contributed by atoms with van der Waals surface area (Å²) in [6.45, 7) is 4.23. The molecule has 3 rings (SSSR count). The van der Waals surface area contributed by atoms with Crippen molar-refractivity contribution in [2.75, 3.05) is 19.6 Å². The number of carbonyl (C=O) groups excluding carboxylic acids is 4. The minimum absolute atomic E-state index is 0.0893. The van der Waals surface area contributed by atoms with E-state index in [1.54, 1.807) is 13.8 Å². The summed E-state index contributed by atoms with van der Waals surface area (Å²) >= 11 is 0. The van der Waals surface area contributed by atoms with Crippen LogP contribution in [0.4, 0.5) is 9.18 Å². The van der Waals surface area contributed by atoms with E-state index in [4.69, 9.17) is 0 Å². The Labute approximate surface area is 155 Å². The van der Waals surface area contributed by atoms with Gasteiger partial charge in [-0.2, -0.15) is 0 Å². The molecule has 0 radical (unpaired) electrons. The number of amides is 5. The maximum atomic E-state index is 13.0. The zero-order valence-electron chi connectivity index (χ0n) is 15.1. The van der Waals surface area contributed by atoms with Gasteiger partial charge in [-0.3, -0.25) is 19.7 Å². The van der Waals surface area contributed by atoms with E-state index < -0.39 is 35.7 Å². The van der Waals surface area contributed by atoms with Gasteiger partial charge in [0, 0.05) is 18.7 Å². The molecule has 0 aliphatic carbocycles. The summed E-state index contributed by atoms with van der Waals surface area (Å²) in [5.41, 5.74) is 0.250. The maximum absolute atomic E-state index is 13.0. The lowest BCUT2D eigenvalue weighted by molar-refractivity contribution is -0.137. The molecular weight excluding hydrogens is 355 g/mol. The Morgan fingerprint density at radius 3 is 2.48 bits per heavy atom. The van der Waals surface area contributed by atoms with Crippen LogP contribution in [0.2, 0.25) is 0 Å². The second-order valence-corrected chi connectivity index (χ2v) is 6.99. The van der Waals surface area contributed by atoms with Crippen LogP contribution in [-0.4, -0.2) is 65.3 Å². The molecule has 1 aromatic carbocycles. The van der Waals surface area contributed by atoms with Gasteiger partial charge in [-0.15, -0.1) is 0 Å². The fourth-order valence-corrected chi connectivity index (χ4v) is 3.25. The van der Waals surface area contributed by atoms with Gasteiger partial charge in [0.15, 0.2) is 0 Å². The van der Waals surface area contributed by atoms with Gasteiger partial charge in [-0.25, -0.2) is 9.18 Å². The number of benzene rings is 1. The van der Waals surface area contributed by atoms with Crippen LogP contribution in [0.1, 0.15) is 24.2 Å². The molecule has 2 saturated heterocycles. The van der Waals surface area contributed by atoms with E-state index in [0.29, 0.717) is 0 Å². The number of nitrogens with one attached hydrogen (secondary N) is 2. The fourth-order valence-electron chi connectivity index (χ4n) is 3.25. The smallest absolute Gasteiger partial charge is 0.324 e. The first-order valence-corrected chi connectivity index (χ1v) is 8.74. The molecule has 5 amide bonds. The van der Waals surface area contributed by atoms with Gasteiger partial charge in [0.25, 0.3) is 11.8 Å². The second kappa shape index (κ2) is 7.34. The molecule has 2 atom stereocenters. The monoisotopic (exact) mass is 376 g/mol. The molecule has 9 heteroatoms. The van der Waals surface area contributed by atoms with Gasteiger partial charge >= 0.3 is 6.03 Å². The zero-order valence-corrected chi connectivity index (χ0v) is 15.1. The Bertz CT molecular complexity index is 780. The molecule has 2 aliphatic heterocycles.